The van der Waals surface area contributed by atoms with Gasteiger partial charge in [0.05, 0.1) is 0 Å². The first-order valence-corrected chi connectivity index (χ1v) is 6.08. The highest BCUT2D eigenvalue weighted by Crippen LogP contribution is 2.69. The summed E-state index contributed by atoms with van der Waals surface area (Å²) < 4.78 is 0. The standard InChI is InChI=1S/C13H22O/c1-11-3-10-4-12(2,6-11)8-13(5-10,7-11)9-14/h10,14H,3-9H2,1-2H3/t10?,11-,12-,13?/m0/s1. The lowest BCUT2D eigenvalue weighted by molar-refractivity contribution is -0.159. The molecule has 0 unspecified atom stereocenters. The molecule has 0 heterocycles. The van der Waals surface area contributed by atoms with Gasteiger partial charge in [0.15, 0.2) is 0 Å². The van der Waals surface area contributed by atoms with Gasteiger partial charge >= 0.3 is 0 Å². The Kier molecular flexibility index (Phi) is 1.56. The zero-order valence-corrected chi connectivity index (χ0v) is 9.47. The summed E-state index contributed by atoms with van der Waals surface area (Å²) in [5.41, 5.74) is 1.46. The first-order valence-electron chi connectivity index (χ1n) is 6.08. The molecule has 4 aliphatic rings. The molecular formula is C13H22O. The average Bonchev–Trinajstić information content (AvgIpc) is 1.97. The monoisotopic (exact) mass is 194 g/mol. The van der Waals surface area contributed by atoms with Crippen LogP contribution in [0.1, 0.15) is 52.4 Å². The number of aliphatic hydroxyl groups excluding tert-OH is 1. The summed E-state index contributed by atoms with van der Waals surface area (Å²) in [5, 5.41) is 9.66. The van der Waals surface area contributed by atoms with E-state index in [0.29, 0.717) is 22.9 Å². The molecule has 4 fully saturated rings. The summed E-state index contributed by atoms with van der Waals surface area (Å²) in [5.74, 6) is 0.924. The van der Waals surface area contributed by atoms with Crippen LogP contribution in [0.2, 0.25) is 0 Å². The summed E-state index contributed by atoms with van der Waals surface area (Å²) in [6, 6.07) is 0. The van der Waals surface area contributed by atoms with Crippen molar-refractivity contribution in [3.63, 3.8) is 0 Å². The van der Waals surface area contributed by atoms with Gasteiger partial charge in [-0.05, 0) is 60.7 Å². The molecular weight excluding hydrogens is 172 g/mol. The summed E-state index contributed by atoms with van der Waals surface area (Å²) in [4.78, 5) is 0. The molecule has 0 radical (unpaired) electrons. The van der Waals surface area contributed by atoms with E-state index in [-0.39, 0.29) is 0 Å². The second-order valence-electron chi connectivity index (χ2n) is 7.29. The van der Waals surface area contributed by atoms with Crippen molar-refractivity contribution in [3.05, 3.63) is 0 Å². The molecule has 0 aromatic carbocycles. The molecule has 0 amide bonds. The highest BCUT2D eigenvalue weighted by atomic mass is 16.3. The summed E-state index contributed by atoms with van der Waals surface area (Å²) in [6.07, 6.45) is 8.19. The lowest BCUT2D eigenvalue weighted by Gasteiger charge is -2.65. The Morgan fingerprint density at radius 3 is 2.00 bits per heavy atom. The van der Waals surface area contributed by atoms with Crippen LogP contribution in [-0.2, 0) is 0 Å². The lowest BCUT2D eigenvalue weighted by Crippen LogP contribution is -2.56. The Morgan fingerprint density at radius 2 is 1.57 bits per heavy atom. The molecule has 1 N–H and O–H groups in total. The lowest BCUT2D eigenvalue weighted by atomic mass is 9.40. The van der Waals surface area contributed by atoms with Crippen molar-refractivity contribution in [2.24, 2.45) is 22.2 Å². The highest BCUT2D eigenvalue weighted by Gasteiger charge is 2.59. The van der Waals surface area contributed by atoms with Crippen LogP contribution in [-0.4, -0.2) is 11.7 Å². The van der Waals surface area contributed by atoms with Crippen molar-refractivity contribution in [1.82, 2.24) is 0 Å². The minimum Gasteiger partial charge on any atom is -0.396 e. The molecule has 0 aromatic heterocycles. The fourth-order valence-corrected chi connectivity index (χ4v) is 5.86. The van der Waals surface area contributed by atoms with Gasteiger partial charge in [-0.15, -0.1) is 0 Å². The summed E-state index contributed by atoms with van der Waals surface area (Å²) >= 11 is 0. The predicted octanol–water partition coefficient (Wildman–Crippen LogP) is 2.98. The van der Waals surface area contributed by atoms with Crippen molar-refractivity contribution >= 4 is 0 Å². The van der Waals surface area contributed by atoms with Crippen LogP contribution in [0.15, 0.2) is 0 Å². The Hall–Kier alpha value is -0.0400. The maximum absolute atomic E-state index is 9.66. The molecule has 0 saturated heterocycles. The van der Waals surface area contributed by atoms with Gasteiger partial charge in [-0.1, -0.05) is 13.8 Å². The van der Waals surface area contributed by atoms with Gasteiger partial charge in [-0.2, -0.15) is 0 Å². The van der Waals surface area contributed by atoms with Gasteiger partial charge in [-0.3, -0.25) is 0 Å². The van der Waals surface area contributed by atoms with E-state index >= 15 is 0 Å². The Labute approximate surface area is 86.9 Å². The van der Waals surface area contributed by atoms with Crippen LogP contribution in [0, 0.1) is 22.2 Å². The fourth-order valence-electron chi connectivity index (χ4n) is 5.86. The van der Waals surface area contributed by atoms with E-state index in [1.165, 1.54) is 38.5 Å². The number of rotatable bonds is 1. The third-order valence-corrected chi connectivity index (χ3v) is 5.08. The highest BCUT2D eigenvalue weighted by molar-refractivity contribution is 5.10. The van der Waals surface area contributed by atoms with Crippen molar-refractivity contribution in [1.29, 1.82) is 0 Å². The molecule has 14 heavy (non-hydrogen) atoms. The molecule has 0 spiro atoms. The van der Waals surface area contributed by atoms with E-state index < -0.39 is 0 Å². The quantitative estimate of drug-likeness (QED) is 0.680. The largest absolute Gasteiger partial charge is 0.396 e. The van der Waals surface area contributed by atoms with Crippen LogP contribution in [0.3, 0.4) is 0 Å². The first-order chi connectivity index (χ1) is 6.47. The van der Waals surface area contributed by atoms with Gasteiger partial charge in [0, 0.05) is 6.61 Å². The molecule has 4 bridgehead atoms. The Bertz CT molecular complexity index is 252. The van der Waals surface area contributed by atoms with E-state index in [4.69, 9.17) is 0 Å². The third kappa shape index (κ3) is 1.11. The molecule has 1 nitrogen and oxygen atoms in total. The van der Waals surface area contributed by atoms with Gasteiger partial charge < -0.3 is 5.11 Å². The van der Waals surface area contributed by atoms with Crippen molar-refractivity contribution in [3.8, 4) is 0 Å². The Balaban J connectivity index is 2.01. The van der Waals surface area contributed by atoms with Crippen molar-refractivity contribution < 1.29 is 5.11 Å². The molecule has 4 aliphatic carbocycles. The van der Waals surface area contributed by atoms with E-state index in [1.807, 2.05) is 0 Å². The first kappa shape index (κ1) is 9.21. The van der Waals surface area contributed by atoms with E-state index in [9.17, 15) is 5.11 Å². The average molecular weight is 194 g/mol. The molecule has 0 aromatic rings. The van der Waals surface area contributed by atoms with E-state index in [0.717, 1.165) is 5.92 Å². The third-order valence-electron chi connectivity index (χ3n) is 5.08. The smallest absolute Gasteiger partial charge is 0.0487 e. The molecule has 80 valence electrons. The zero-order chi connectivity index (χ0) is 10.0. The zero-order valence-electron chi connectivity index (χ0n) is 9.47. The maximum Gasteiger partial charge on any atom is 0.0487 e. The minimum absolute atomic E-state index is 0.322. The van der Waals surface area contributed by atoms with Gasteiger partial charge in [0.1, 0.15) is 0 Å². The molecule has 0 aliphatic heterocycles. The molecule has 2 atom stereocenters. The second kappa shape index (κ2) is 2.37. The molecule has 4 saturated carbocycles. The number of hydrogen-bond acceptors (Lipinski definition) is 1. The normalized spacial score (nSPS) is 60.6. The van der Waals surface area contributed by atoms with Crippen molar-refractivity contribution in [2.75, 3.05) is 6.61 Å². The fraction of sp³-hybridized carbons (Fsp3) is 1.00. The SMILES string of the molecule is C[C@@]12CC3CC(CO)(C1)C[C@@](C)(C3)C2. The summed E-state index contributed by atoms with van der Waals surface area (Å²) in [6.45, 7) is 5.36. The van der Waals surface area contributed by atoms with Crippen LogP contribution in [0.4, 0.5) is 0 Å². The second-order valence-corrected chi connectivity index (χ2v) is 7.29. The van der Waals surface area contributed by atoms with Crippen LogP contribution >= 0.6 is 0 Å². The predicted molar refractivity (Wildman–Crippen MR) is 56.9 cm³/mol. The minimum atomic E-state index is 0.322. The van der Waals surface area contributed by atoms with Gasteiger partial charge in [0.2, 0.25) is 0 Å². The molecule has 1 heteroatoms. The van der Waals surface area contributed by atoms with Crippen LogP contribution < -0.4 is 0 Å². The van der Waals surface area contributed by atoms with Crippen LogP contribution in [0.25, 0.3) is 0 Å². The maximum atomic E-state index is 9.66. The molecule has 4 rings (SSSR count). The van der Waals surface area contributed by atoms with Crippen molar-refractivity contribution in [2.45, 2.75) is 52.4 Å². The Morgan fingerprint density at radius 1 is 1.00 bits per heavy atom. The van der Waals surface area contributed by atoms with E-state index in [2.05, 4.69) is 13.8 Å². The van der Waals surface area contributed by atoms with Gasteiger partial charge in [0.25, 0.3) is 0 Å². The topological polar surface area (TPSA) is 20.2 Å². The van der Waals surface area contributed by atoms with Crippen LogP contribution in [0.5, 0.6) is 0 Å². The number of hydrogen-bond donors (Lipinski definition) is 1. The summed E-state index contributed by atoms with van der Waals surface area (Å²) in [7, 11) is 0. The number of aliphatic hydroxyl groups is 1. The van der Waals surface area contributed by atoms with Gasteiger partial charge in [-0.25, -0.2) is 0 Å². The van der Waals surface area contributed by atoms with E-state index in [1.54, 1.807) is 0 Å².